The molecule has 0 radical (unpaired) electrons. The molecule has 3 aromatic carbocycles. The van der Waals surface area contributed by atoms with Crippen molar-refractivity contribution < 1.29 is 22.8 Å². The first-order chi connectivity index (χ1) is 20.4. The van der Waals surface area contributed by atoms with Crippen molar-refractivity contribution >= 4 is 12.1 Å². The van der Waals surface area contributed by atoms with Crippen LogP contribution in [0.2, 0.25) is 0 Å². The summed E-state index contributed by atoms with van der Waals surface area (Å²) in [5.74, 6) is 0.460. The summed E-state index contributed by atoms with van der Waals surface area (Å²) in [6.45, 7) is 19.3. The van der Waals surface area contributed by atoms with Gasteiger partial charge < -0.3 is 0 Å². The average Bonchev–Trinajstić information content (AvgIpc) is 3.61. The molecule has 0 N–H and O–H groups in total. The molecule has 0 spiro atoms. The van der Waals surface area contributed by atoms with Crippen molar-refractivity contribution in [2.45, 2.75) is 67.2 Å². The number of rotatable bonds is 5. The van der Waals surface area contributed by atoms with E-state index in [9.17, 15) is 0 Å². The van der Waals surface area contributed by atoms with E-state index in [0.29, 0.717) is 5.92 Å². The minimum absolute atomic E-state index is 0.0574. The fraction of sp³-hybridized carbons (Fsp3) is 0.310. The Kier molecular flexibility index (Phi) is 7.88. The second-order valence-corrected chi connectivity index (χ2v) is 17.8. The summed E-state index contributed by atoms with van der Waals surface area (Å²) in [7, 11) is 0. The van der Waals surface area contributed by atoms with Crippen molar-refractivity contribution in [3.8, 4) is 0 Å². The van der Waals surface area contributed by atoms with E-state index in [1.54, 1.807) is 17.6 Å². The average molecular weight is 641 g/mol. The Morgan fingerprint density at radius 2 is 1.42 bits per heavy atom. The van der Waals surface area contributed by atoms with Gasteiger partial charge in [0.05, 0.1) is 0 Å². The van der Waals surface area contributed by atoms with Gasteiger partial charge in [-0.25, -0.2) is 0 Å². The van der Waals surface area contributed by atoms with E-state index in [1.807, 2.05) is 0 Å². The predicted octanol–water partition coefficient (Wildman–Crippen LogP) is 9.05. The first kappa shape index (κ1) is 30.2. The van der Waals surface area contributed by atoms with Crippen molar-refractivity contribution in [1.29, 1.82) is 0 Å². The van der Waals surface area contributed by atoms with Gasteiger partial charge in [0.2, 0.25) is 0 Å². The number of benzene rings is 3. The van der Waals surface area contributed by atoms with Gasteiger partial charge in [0.15, 0.2) is 0 Å². The van der Waals surface area contributed by atoms with Crippen LogP contribution in [0.15, 0.2) is 126 Å². The molecule has 1 unspecified atom stereocenters. The fourth-order valence-corrected chi connectivity index (χ4v) is 11.5. The number of hydrogen-bond acceptors (Lipinski definition) is 0. The van der Waals surface area contributed by atoms with E-state index in [-0.39, 0.29) is 16.2 Å². The van der Waals surface area contributed by atoms with Crippen LogP contribution in [-0.4, -0.2) is 3.21 Å². The Bertz CT molecular complexity index is 1800. The molecule has 217 valence electrons. The zero-order valence-corrected chi connectivity index (χ0v) is 29.6. The molecular formula is C42H45Zr. The van der Waals surface area contributed by atoms with Gasteiger partial charge in [0.25, 0.3) is 0 Å². The van der Waals surface area contributed by atoms with Gasteiger partial charge in [0.1, 0.15) is 0 Å². The van der Waals surface area contributed by atoms with E-state index in [2.05, 4.69) is 165 Å². The van der Waals surface area contributed by atoms with E-state index in [0.717, 1.165) is 6.42 Å². The topological polar surface area (TPSA) is 0 Å². The van der Waals surface area contributed by atoms with E-state index in [1.165, 1.54) is 38.3 Å². The first-order valence-corrected chi connectivity index (χ1v) is 18.3. The van der Waals surface area contributed by atoms with Gasteiger partial charge in [-0.2, -0.15) is 0 Å². The second kappa shape index (κ2) is 11.2. The summed E-state index contributed by atoms with van der Waals surface area (Å²) in [4.78, 5) is 0. The van der Waals surface area contributed by atoms with Crippen LogP contribution in [0.5, 0.6) is 0 Å². The molecule has 43 heavy (non-hydrogen) atoms. The van der Waals surface area contributed by atoms with Crippen LogP contribution >= 0.6 is 0 Å². The molecule has 0 fully saturated rings. The van der Waals surface area contributed by atoms with Crippen LogP contribution < -0.4 is 10.4 Å². The fourth-order valence-electron chi connectivity index (χ4n) is 7.60. The van der Waals surface area contributed by atoms with E-state index in [4.69, 9.17) is 0 Å². The Labute approximate surface area is 270 Å². The molecule has 0 aliphatic heterocycles. The summed E-state index contributed by atoms with van der Waals surface area (Å²) in [6.07, 6.45) is 13.2. The van der Waals surface area contributed by atoms with Crippen molar-refractivity contribution in [3.05, 3.63) is 153 Å². The van der Waals surface area contributed by atoms with Crippen molar-refractivity contribution in [2.24, 2.45) is 16.7 Å². The predicted molar refractivity (Wildman–Crippen MR) is 182 cm³/mol. The van der Waals surface area contributed by atoms with E-state index < -0.39 is 22.8 Å². The van der Waals surface area contributed by atoms with Crippen LogP contribution in [-0.2, 0) is 28.2 Å². The quantitative estimate of drug-likeness (QED) is 0.261. The summed E-state index contributed by atoms with van der Waals surface area (Å²) >= 11 is -1.34. The molecule has 0 aromatic heterocycles. The molecule has 1 heteroatoms. The Hall–Kier alpha value is -2.89. The molecule has 6 rings (SSSR count). The molecule has 0 nitrogen and oxygen atoms in total. The second-order valence-electron chi connectivity index (χ2n) is 14.7. The molecule has 0 heterocycles. The maximum atomic E-state index is 2.60. The third-order valence-corrected chi connectivity index (χ3v) is 13.7. The number of allylic oxidation sites excluding steroid dienone is 8. The molecule has 0 amide bonds. The number of hydrogen-bond donors (Lipinski definition) is 0. The first-order valence-electron chi connectivity index (χ1n) is 15.9. The van der Waals surface area contributed by atoms with Crippen LogP contribution in [0.3, 0.4) is 0 Å². The Balaban J connectivity index is 1.80. The monoisotopic (exact) mass is 639 g/mol. The van der Waals surface area contributed by atoms with Crippen molar-refractivity contribution in [1.82, 2.24) is 0 Å². The SMILES string of the molecule is CC(C)C1(C(C)(C)C)C=CC2=c3ccc(C(C)(C)C)cc3=[C]([Zr]=[C](c3ccccc3)c3ccccc3)C2=C1C1=CC=CC1. The minimum atomic E-state index is -1.34. The van der Waals surface area contributed by atoms with E-state index >= 15 is 0 Å². The van der Waals surface area contributed by atoms with Crippen LogP contribution in [0.1, 0.15) is 78.5 Å². The van der Waals surface area contributed by atoms with Crippen LogP contribution in [0, 0.1) is 16.7 Å². The summed E-state index contributed by atoms with van der Waals surface area (Å²) in [5, 5.41) is 2.90. The molecule has 3 aliphatic rings. The Morgan fingerprint density at radius 3 is 1.93 bits per heavy atom. The van der Waals surface area contributed by atoms with Gasteiger partial charge in [0, 0.05) is 0 Å². The van der Waals surface area contributed by atoms with Crippen molar-refractivity contribution in [2.75, 3.05) is 0 Å². The van der Waals surface area contributed by atoms with Gasteiger partial charge in [-0.15, -0.1) is 0 Å². The molecule has 0 saturated carbocycles. The van der Waals surface area contributed by atoms with Gasteiger partial charge in [-0.1, -0.05) is 0 Å². The van der Waals surface area contributed by atoms with Crippen LogP contribution in [0.4, 0.5) is 0 Å². The normalized spacial score (nSPS) is 19.5. The maximum absolute atomic E-state index is 2.60. The number of fused-ring (bicyclic) bond motifs is 2. The third-order valence-electron chi connectivity index (χ3n) is 9.76. The van der Waals surface area contributed by atoms with Crippen LogP contribution in [0.25, 0.3) is 8.85 Å². The third kappa shape index (κ3) is 5.17. The summed E-state index contributed by atoms with van der Waals surface area (Å²) < 4.78 is 3.20. The van der Waals surface area contributed by atoms with Gasteiger partial charge >= 0.3 is 272 Å². The standard InChI is InChI=1S/C29H35.C13H10.Zr/c1-19(2)29(28(6,7)8)16-15-24-23-14-13-22(27(3,4)5)17-21(23)18-25(24)26(29)20-11-9-10-12-20;1-3-7-12(8-4-1)11-13-9-5-2-6-10-13;/h9-11,13-17,19H,12H2,1-8H3;1-10H;. The molecule has 0 saturated heterocycles. The van der Waals surface area contributed by atoms with Crippen molar-refractivity contribution in [3.63, 3.8) is 0 Å². The summed E-state index contributed by atoms with van der Waals surface area (Å²) in [5.41, 5.74) is 10.3. The Morgan fingerprint density at radius 1 is 0.791 bits per heavy atom. The molecular weight excluding hydrogens is 596 g/mol. The van der Waals surface area contributed by atoms with Gasteiger partial charge in [-0.05, 0) is 0 Å². The zero-order chi connectivity index (χ0) is 30.6. The van der Waals surface area contributed by atoms with Gasteiger partial charge in [-0.3, -0.25) is 0 Å². The molecule has 1 atom stereocenters. The molecule has 3 aliphatic carbocycles. The summed E-state index contributed by atoms with van der Waals surface area (Å²) in [6, 6.07) is 29.8. The molecule has 3 aromatic rings. The molecule has 0 bridgehead atoms. The zero-order valence-electron chi connectivity index (χ0n) is 27.2.